The van der Waals surface area contributed by atoms with Gasteiger partial charge in [-0.15, -0.1) is 0 Å². The van der Waals surface area contributed by atoms with Gasteiger partial charge in [-0.3, -0.25) is 14.4 Å². The number of phenolic OH excluding ortho intramolecular Hbond substituents is 1. The number of carbonyl (C=O) groups is 2. The van der Waals surface area contributed by atoms with E-state index in [4.69, 9.17) is 9.47 Å². The van der Waals surface area contributed by atoms with Crippen LogP contribution in [-0.2, 0) is 9.59 Å². The summed E-state index contributed by atoms with van der Waals surface area (Å²) in [4.78, 5) is 43.6. The minimum atomic E-state index is -0.731. The number of thiazole rings is 1. The van der Waals surface area contributed by atoms with E-state index in [9.17, 15) is 19.5 Å². The molecule has 0 saturated carbocycles. The van der Waals surface area contributed by atoms with Gasteiger partial charge in [-0.05, 0) is 29.8 Å². The highest BCUT2D eigenvalue weighted by Crippen LogP contribution is 2.54. The lowest BCUT2D eigenvalue weighted by molar-refractivity contribution is -0.122. The Morgan fingerprint density at radius 2 is 1.66 bits per heavy atom. The number of amides is 2. The highest BCUT2D eigenvalue weighted by Gasteiger charge is 2.56. The molecule has 0 radical (unpaired) electrons. The molecule has 1 aromatic heterocycles. The molecule has 2 aromatic carbocycles. The fourth-order valence-electron chi connectivity index (χ4n) is 4.30. The molecule has 3 aromatic rings. The zero-order valence-electron chi connectivity index (χ0n) is 17.0. The number of methoxy groups -OCH3 is 2. The first kappa shape index (κ1) is 20.7. The summed E-state index contributed by atoms with van der Waals surface area (Å²) in [5.41, 5.74) is 1.12. The number of fused-ring (bicyclic) bond motifs is 2. The van der Waals surface area contributed by atoms with Crippen molar-refractivity contribution in [3.8, 4) is 17.2 Å². The topological polar surface area (TPSA) is 109 Å². The number of hydrogen-bond acceptors (Lipinski definition) is 8. The average molecular weight is 471 g/mol. The van der Waals surface area contributed by atoms with Crippen molar-refractivity contribution in [1.82, 2.24) is 4.98 Å². The average Bonchev–Trinajstić information content (AvgIpc) is 3.29. The van der Waals surface area contributed by atoms with Crippen LogP contribution in [0.15, 0.2) is 52.3 Å². The van der Waals surface area contributed by atoms with Crippen LogP contribution in [0.3, 0.4) is 0 Å². The SMILES string of the molecule is COc1cc([C@@H]2c3sc(=O)[nH]c3S[C@H]3C(=O)N(c4ccccc4)C(=O)[C@@H]23)cc(OC)c1O. The lowest BCUT2D eigenvalue weighted by Gasteiger charge is -2.30. The molecule has 2 aliphatic rings. The van der Waals surface area contributed by atoms with E-state index in [2.05, 4.69) is 4.98 Å². The fourth-order valence-corrected chi connectivity index (χ4v) is 6.82. The van der Waals surface area contributed by atoms with E-state index in [1.165, 1.54) is 30.9 Å². The second-order valence-electron chi connectivity index (χ2n) is 7.37. The van der Waals surface area contributed by atoms with Crippen LogP contribution in [0.5, 0.6) is 17.2 Å². The standard InChI is InChI=1S/C22H18N2O6S2/c1-29-12-8-10(9-13(30-2)16(12)25)14-15-18(31-19-17(14)32-22(28)23-19)21(27)24(20(15)26)11-6-4-3-5-7-11/h3-9,14-15,18,25H,1-2H3,(H,23,28)/t14-,15-,18+/m0/s1. The highest BCUT2D eigenvalue weighted by molar-refractivity contribution is 8.00. The van der Waals surface area contributed by atoms with Gasteiger partial charge in [0.2, 0.25) is 17.6 Å². The molecule has 0 spiro atoms. The maximum atomic E-state index is 13.6. The van der Waals surface area contributed by atoms with Crippen LogP contribution in [0.1, 0.15) is 16.4 Å². The monoisotopic (exact) mass is 470 g/mol. The van der Waals surface area contributed by atoms with Gasteiger partial charge in [0.15, 0.2) is 11.5 Å². The maximum Gasteiger partial charge on any atom is 0.305 e. The van der Waals surface area contributed by atoms with Crippen LogP contribution in [-0.4, -0.2) is 41.4 Å². The number of aromatic nitrogens is 1. The summed E-state index contributed by atoms with van der Waals surface area (Å²) in [6.07, 6.45) is 0. The smallest absolute Gasteiger partial charge is 0.305 e. The summed E-state index contributed by atoms with van der Waals surface area (Å²) in [5, 5.41) is 10.2. The number of thioether (sulfide) groups is 1. The number of benzene rings is 2. The normalized spacial score (nSPS) is 21.9. The number of carbonyl (C=O) groups excluding carboxylic acids is 2. The molecule has 0 aliphatic carbocycles. The van der Waals surface area contributed by atoms with Crippen molar-refractivity contribution in [1.29, 1.82) is 0 Å². The van der Waals surface area contributed by atoms with E-state index in [-0.39, 0.29) is 33.9 Å². The molecular weight excluding hydrogens is 452 g/mol. The molecule has 2 aliphatic heterocycles. The van der Waals surface area contributed by atoms with Gasteiger partial charge in [0.1, 0.15) is 5.25 Å². The van der Waals surface area contributed by atoms with Crippen molar-refractivity contribution in [2.24, 2.45) is 5.92 Å². The van der Waals surface area contributed by atoms with Crippen LogP contribution in [0.4, 0.5) is 5.69 Å². The number of aromatic amines is 1. The number of aromatic hydroxyl groups is 1. The molecule has 3 heterocycles. The molecule has 164 valence electrons. The number of phenols is 1. The summed E-state index contributed by atoms with van der Waals surface area (Å²) in [7, 11) is 2.83. The van der Waals surface area contributed by atoms with Gasteiger partial charge >= 0.3 is 4.87 Å². The Labute approximate surface area is 190 Å². The Morgan fingerprint density at radius 3 is 2.28 bits per heavy atom. The Kier molecular flexibility index (Phi) is 4.98. The van der Waals surface area contributed by atoms with E-state index >= 15 is 0 Å². The van der Waals surface area contributed by atoms with Crippen molar-refractivity contribution in [3.63, 3.8) is 0 Å². The van der Waals surface area contributed by atoms with Crippen LogP contribution in [0, 0.1) is 5.92 Å². The van der Waals surface area contributed by atoms with Gasteiger partial charge < -0.3 is 19.6 Å². The van der Waals surface area contributed by atoms with Crippen molar-refractivity contribution >= 4 is 40.6 Å². The van der Waals surface area contributed by atoms with Crippen LogP contribution in [0.25, 0.3) is 0 Å². The molecule has 32 heavy (non-hydrogen) atoms. The second-order valence-corrected chi connectivity index (χ2v) is 9.54. The van der Waals surface area contributed by atoms with E-state index in [0.717, 1.165) is 11.3 Å². The lowest BCUT2D eigenvalue weighted by Crippen LogP contribution is -2.32. The Morgan fingerprint density at radius 1 is 1.00 bits per heavy atom. The Bertz CT molecular complexity index is 1260. The zero-order chi connectivity index (χ0) is 22.6. The maximum absolute atomic E-state index is 13.6. The molecule has 5 rings (SSSR count). The second kappa shape index (κ2) is 7.72. The summed E-state index contributed by atoms with van der Waals surface area (Å²) < 4.78 is 10.6. The Balaban J connectivity index is 1.70. The summed E-state index contributed by atoms with van der Waals surface area (Å²) >= 11 is 2.23. The molecule has 2 N–H and O–H groups in total. The van der Waals surface area contributed by atoms with Crippen molar-refractivity contribution < 1.29 is 24.2 Å². The van der Waals surface area contributed by atoms with Gasteiger partial charge in [0, 0.05) is 10.8 Å². The molecule has 3 atom stereocenters. The third-order valence-corrected chi connectivity index (χ3v) is 8.10. The largest absolute Gasteiger partial charge is 0.502 e. The summed E-state index contributed by atoms with van der Waals surface area (Å²) in [6.45, 7) is 0. The van der Waals surface area contributed by atoms with E-state index in [1.54, 1.807) is 36.4 Å². The van der Waals surface area contributed by atoms with Gasteiger partial charge in [-0.2, -0.15) is 0 Å². The van der Waals surface area contributed by atoms with E-state index in [0.29, 0.717) is 21.2 Å². The minimum absolute atomic E-state index is 0.164. The van der Waals surface area contributed by atoms with Crippen LogP contribution >= 0.6 is 23.1 Å². The van der Waals surface area contributed by atoms with E-state index < -0.39 is 17.1 Å². The van der Waals surface area contributed by atoms with Crippen molar-refractivity contribution in [2.45, 2.75) is 16.2 Å². The summed E-state index contributed by atoms with van der Waals surface area (Å²) in [5.74, 6) is -1.79. The van der Waals surface area contributed by atoms with Crippen LogP contribution < -0.4 is 19.2 Å². The molecule has 8 nitrogen and oxygen atoms in total. The molecule has 0 unspecified atom stereocenters. The van der Waals surface area contributed by atoms with Crippen molar-refractivity contribution in [3.05, 3.63) is 62.6 Å². The number of nitrogens with zero attached hydrogens (tertiary/aromatic N) is 1. The third-order valence-electron chi connectivity index (χ3n) is 5.70. The van der Waals surface area contributed by atoms with Crippen LogP contribution in [0.2, 0.25) is 0 Å². The minimum Gasteiger partial charge on any atom is -0.502 e. The van der Waals surface area contributed by atoms with Crippen molar-refractivity contribution in [2.75, 3.05) is 19.1 Å². The number of H-pyrrole nitrogens is 1. The molecule has 2 amide bonds. The quantitative estimate of drug-likeness (QED) is 0.564. The molecular formula is C22H18N2O6S2. The lowest BCUT2D eigenvalue weighted by atomic mass is 9.83. The number of para-hydroxylation sites is 1. The highest BCUT2D eigenvalue weighted by atomic mass is 32.2. The fraction of sp³-hybridized carbons (Fsp3) is 0.227. The number of rotatable bonds is 4. The van der Waals surface area contributed by atoms with E-state index in [1.807, 2.05) is 6.07 Å². The number of anilines is 1. The summed E-state index contributed by atoms with van der Waals surface area (Å²) in [6, 6.07) is 12.0. The molecule has 10 heteroatoms. The van der Waals surface area contributed by atoms with Gasteiger partial charge in [0.25, 0.3) is 0 Å². The molecule has 1 saturated heterocycles. The first-order valence-electron chi connectivity index (χ1n) is 9.72. The number of nitrogens with one attached hydrogen (secondary N) is 1. The number of imide groups is 1. The predicted octanol–water partition coefficient (Wildman–Crippen LogP) is 2.96. The third kappa shape index (κ3) is 3.01. The first-order chi connectivity index (χ1) is 15.4. The van der Waals surface area contributed by atoms with Gasteiger partial charge in [-0.1, -0.05) is 41.3 Å². The van der Waals surface area contributed by atoms with Gasteiger partial charge in [0.05, 0.1) is 30.9 Å². The number of ether oxygens (including phenoxy) is 2. The molecule has 0 bridgehead atoms. The first-order valence-corrected chi connectivity index (χ1v) is 11.4. The van der Waals surface area contributed by atoms with Gasteiger partial charge in [-0.25, -0.2) is 4.90 Å². The number of hydrogen-bond donors (Lipinski definition) is 2. The Hall–Kier alpha value is -3.24. The molecule has 1 fully saturated rings. The zero-order valence-corrected chi connectivity index (χ0v) is 18.7. The predicted molar refractivity (Wildman–Crippen MR) is 120 cm³/mol.